The van der Waals surface area contributed by atoms with Gasteiger partial charge in [-0.25, -0.2) is 9.79 Å². The molecule has 1 aliphatic heterocycles. The lowest BCUT2D eigenvalue weighted by Gasteiger charge is -1.96. The van der Waals surface area contributed by atoms with E-state index in [1.165, 1.54) is 23.9 Å². The van der Waals surface area contributed by atoms with Gasteiger partial charge in [0.1, 0.15) is 10.1 Å². The molecular formula is C13H11NO3S2. The summed E-state index contributed by atoms with van der Waals surface area (Å²) in [5, 5.41) is 8.73. The Hall–Kier alpha value is -1.53. The Bertz CT molecular complexity index is 576. The van der Waals surface area contributed by atoms with E-state index in [1.807, 2.05) is 6.92 Å². The number of aromatic carboxylic acids is 1. The molecule has 19 heavy (non-hydrogen) atoms. The monoisotopic (exact) mass is 293 g/mol. The Morgan fingerprint density at radius 3 is 2.68 bits per heavy atom. The van der Waals surface area contributed by atoms with Crippen molar-refractivity contribution < 1.29 is 14.7 Å². The number of aliphatic imine (C=N–C) groups is 1. The van der Waals surface area contributed by atoms with Crippen LogP contribution in [0.5, 0.6) is 0 Å². The second-order valence-corrected chi connectivity index (χ2v) is 6.13. The van der Waals surface area contributed by atoms with Crippen LogP contribution in [0.15, 0.2) is 35.0 Å². The van der Waals surface area contributed by atoms with E-state index in [-0.39, 0.29) is 10.7 Å². The zero-order valence-corrected chi connectivity index (χ0v) is 11.8. The van der Waals surface area contributed by atoms with Gasteiger partial charge in [-0.3, -0.25) is 4.79 Å². The van der Waals surface area contributed by atoms with Crippen molar-refractivity contribution in [2.75, 3.05) is 5.75 Å². The Morgan fingerprint density at radius 1 is 1.42 bits per heavy atom. The van der Waals surface area contributed by atoms with Crippen LogP contribution in [-0.4, -0.2) is 26.3 Å². The molecule has 0 saturated heterocycles. The van der Waals surface area contributed by atoms with Gasteiger partial charge in [-0.1, -0.05) is 30.8 Å². The number of carbonyl (C=O) groups is 2. The molecule has 98 valence electrons. The number of hydrogen-bond donors (Lipinski definition) is 1. The van der Waals surface area contributed by atoms with E-state index in [1.54, 1.807) is 18.2 Å². The first-order valence-corrected chi connectivity index (χ1v) is 7.39. The summed E-state index contributed by atoms with van der Waals surface area (Å²) in [5.41, 5.74) is 1.39. The molecule has 1 aromatic rings. The third kappa shape index (κ3) is 3.48. The molecule has 1 N–H and O–H groups in total. The van der Waals surface area contributed by atoms with Crippen LogP contribution in [0.4, 0.5) is 0 Å². The third-order valence-corrected chi connectivity index (χ3v) is 4.22. The van der Waals surface area contributed by atoms with Crippen LogP contribution in [0.25, 0.3) is 6.08 Å². The average molecular weight is 293 g/mol. The smallest absolute Gasteiger partial charge is 0.335 e. The van der Waals surface area contributed by atoms with Crippen molar-refractivity contribution in [3.63, 3.8) is 0 Å². The van der Waals surface area contributed by atoms with Gasteiger partial charge in [-0.2, -0.15) is 0 Å². The molecule has 1 aromatic carbocycles. The minimum atomic E-state index is -0.966. The van der Waals surface area contributed by atoms with Crippen LogP contribution in [0.2, 0.25) is 0 Å². The predicted molar refractivity (Wildman–Crippen MR) is 79.5 cm³/mol. The number of carbonyl (C=O) groups excluding carboxylic acids is 1. The summed E-state index contributed by atoms with van der Waals surface area (Å²) in [6.07, 6.45) is 1.67. The summed E-state index contributed by atoms with van der Waals surface area (Å²) in [7, 11) is 0. The molecule has 0 spiro atoms. The normalized spacial score (nSPS) is 16.8. The van der Waals surface area contributed by atoms with Gasteiger partial charge in [-0.15, -0.1) is 0 Å². The van der Waals surface area contributed by atoms with E-state index in [0.29, 0.717) is 5.70 Å². The highest BCUT2D eigenvalue weighted by molar-refractivity contribution is 8.45. The Kier molecular flexibility index (Phi) is 4.44. The van der Waals surface area contributed by atoms with Crippen molar-refractivity contribution in [2.24, 2.45) is 4.99 Å². The minimum Gasteiger partial charge on any atom is -0.478 e. The maximum atomic E-state index is 11.7. The summed E-state index contributed by atoms with van der Waals surface area (Å²) in [5.74, 6) is -0.0916. The van der Waals surface area contributed by atoms with E-state index in [2.05, 4.69) is 4.99 Å². The first-order chi connectivity index (χ1) is 9.10. The standard InChI is InChI=1S/C13H11NO3S2/c1-2-18-13-14-10(12(17)19-13)7-8-3-5-9(6-4-8)11(15)16/h3-7H,2H2,1H3,(H,15,16)/b10-7+. The van der Waals surface area contributed by atoms with Gasteiger partial charge in [0.25, 0.3) is 0 Å². The fourth-order valence-corrected chi connectivity index (χ4v) is 3.19. The molecule has 0 radical (unpaired) electrons. The predicted octanol–water partition coefficient (Wildman–Crippen LogP) is 3.11. The average Bonchev–Trinajstić information content (AvgIpc) is 2.71. The SMILES string of the molecule is CCSC1=N/C(=C/c2ccc(C(=O)O)cc2)C(=O)S1. The number of rotatable bonds is 3. The maximum absolute atomic E-state index is 11.7. The van der Waals surface area contributed by atoms with Crippen molar-refractivity contribution in [3.05, 3.63) is 41.1 Å². The maximum Gasteiger partial charge on any atom is 0.335 e. The van der Waals surface area contributed by atoms with Crippen LogP contribution >= 0.6 is 23.5 Å². The van der Waals surface area contributed by atoms with Crippen LogP contribution in [-0.2, 0) is 4.79 Å². The number of nitrogens with zero attached hydrogens (tertiary/aromatic N) is 1. The Balaban J connectivity index is 2.21. The lowest BCUT2D eigenvalue weighted by molar-refractivity contribution is -0.107. The Labute approximate surface area is 119 Å². The number of carboxylic acid groups (broad SMARTS) is 1. The van der Waals surface area contributed by atoms with Crippen molar-refractivity contribution >= 4 is 45.1 Å². The van der Waals surface area contributed by atoms with Gasteiger partial charge in [0.2, 0.25) is 5.12 Å². The van der Waals surface area contributed by atoms with Crippen LogP contribution in [0.1, 0.15) is 22.8 Å². The lowest BCUT2D eigenvalue weighted by Crippen LogP contribution is -1.95. The summed E-state index contributed by atoms with van der Waals surface area (Å²) in [4.78, 5) is 26.7. The van der Waals surface area contributed by atoms with Crippen molar-refractivity contribution in [1.82, 2.24) is 0 Å². The lowest BCUT2D eigenvalue weighted by atomic mass is 10.1. The van der Waals surface area contributed by atoms with Gasteiger partial charge in [0.05, 0.1) is 5.56 Å². The van der Waals surface area contributed by atoms with E-state index in [4.69, 9.17) is 5.11 Å². The summed E-state index contributed by atoms with van der Waals surface area (Å²) < 4.78 is 0.765. The fraction of sp³-hybridized carbons (Fsp3) is 0.154. The quantitative estimate of drug-likeness (QED) is 0.867. The molecule has 0 fully saturated rings. The molecule has 0 aliphatic carbocycles. The summed E-state index contributed by atoms with van der Waals surface area (Å²) in [6, 6.07) is 6.34. The molecule has 0 amide bonds. The molecule has 2 rings (SSSR count). The van der Waals surface area contributed by atoms with Crippen molar-refractivity contribution in [1.29, 1.82) is 0 Å². The first kappa shape index (κ1) is 13.9. The third-order valence-electron chi connectivity index (χ3n) is 2.33. The topological polar surface area (TPSA) is 66.7 Å². The number of thioether (sulfide) groups is 2. The largest absolute Gasteiger partial charge is 0.478 e. The van der Waals surface area contributed by atoms with Crippen molar-refractivity contribution in [3.8, 4) is 0 Å². The number of hydrogen-bond acceptors (Lipinski definition) is 5. The zero-order chi connectivity index (χ0) is 13.8. The first-order valence-electron chi connectivity index (χ1n) is 5.59. The second kappa shape index (κ2) is 6.08. The van der Waals surface area contributed by atoms with Gasteiger partial charge < -0.3 is 5.11 Å². The molecule has 0 bridgehead atoms. The van der Waals surface area contributed by atoms with Gasteiger partial charge in [-0.05, 0) is 41.3 Å². The molecule has 1 aliphatic rings. The van der Waals surface area contributed by atoms with E-state index in [9.17, 15) is 9.59 Å². The highest BCUT2D eigenvalue weighted by Gasteiger charge is 2.21. The van der Waals surface area contributed by atoms with E-state index < -0.39 is 5.97 Å². The highest BCUT2D eigenvalue weighted by Crippen LogP contribution is 2.30. The van der Waals surface area contributed by atoms with Gasteiger partial charge >= 0.3 is 5.97 Å². The summed E-state index contributed by atoms with van der Waals surface area (Å²) in [6.45, 7) is 2.00. The second-order valence-electron chi connectivity index (χ2n) is 3.66. The van der Waals surface area contributed by atoms with Crippen LogP contribution in [0.3, 0.4) is 0 Å². The Morgan fingerprint density at radius 2 is 2.11 bits per heavy atom. The van der Waals surface area contributed by atoms with Gasteiger partial charge in [0.15, 0.2) is 0 Å². The summed E-state index contributed by atoms with van der Waals surface area (Å²) >= 11 is 2.67. The van der Waals surface area contributed by atoms with Crippen LogP contribution in [0, 0.1) is 0 Å². The molecule has 0 atom stereocenters. The zero-order valence-electron chi connectivity index (χ0n) is 10.1. The number of benzene rings is 1. The van der Waals surface area contributed by atoms with E-state index >= 15 is 0 Å². The molecule has 0 aromatic heterocycles. The molecule has 4 nitrogen and oxygen atoms in total. The van der Waals surface area contributed by atoms with E-state index in [0.717, 1.165) is 27.5 Å². The molecular weight excluding hydrogens is 282 g/mol. The molecule has 0 saturated carbocycles. The number of carboxylic acids is 1. The van der Waals surface area contributed by atoms with Gasteiger partial charge in [0, 0.05) is 0 Å². The minimum absolute atomic E-state index is 0.0711. The molecule has 6 heteroatoms. The molecule has 0 unspecified atom stereocenters. The fourth-order valence-electron chi connectivity index (χ4n) is 1.45. The highest BCUT2D eigenvalue weighted by atomic mass is 32.2. The van der Waals surface area contributed by atoms with Crippen molar-refractivity contribution in [2.45, 2.75) is 6.92 Å². The molecule has 1 heterocycles. The van der Waals surface area contributed by atoms with Crippen LogP contribution < -0.4 is 0 Å².